The van der Waals surface area contributed by atoms with E-state index in [0.717, 1.165) is 32.5 Å². The molecule has 1 heterocycles. The second kappa shape index (κ2) is 7.65. The van der Waals surface area contributed by atoms with Gasteiger partial charge >= 0.3 is 0 Å². The molecule has 2 N–H and O–H groups in total. The number of benzene rings is 1. The Bertz CT molecular complexity index is 395. The molecule has 1 fully saturated rings. The fourth-order valence-electron chi connectivity index (χ4n) is 2.88. The van der Waals surface area contributed by atoms with Crippen LogP contribution < -0.4 is 10.6 Å². The Hall–Kier alpha value is -1.06. The molecule has 112 valence electrons. The highest BCUT2D eigenvalue weighted by Gasteiger charge is 2.18. The Morgan fingerprint density at radius 3 is 2.50 bits per heavy atom. The number of hydrogen-bond donors (Lipinski definition) is 1. The fraction of sp³-hybridized carbons (Fsp3) is 0.647. The van der Waals surface area contributed by atoms with Gasteiger partial charge in [-0.25, -0.2) is 0 Å². The van der Waals surface area contributed by atoms with Crippen molar-refractivity contribution in [2.24, 2.45) is 5.73 Å². The summed E-state index contributed by atoms with van der Waals surface area (Å²) in [6, 6.07) is 9.71. The normalized spacial score (nSPS) is 16.9. The summed E-state index contributed by atoms with van der Waals surface area (Å²) in [7, 11) is 0. The van der Waals surface area contributed by atoms with Crippen LogP contribution in [0.4, 0.5) is 5.69 Å². The topological polar surface area (TPSA) is 32.5 Å². The standard InChI is InChI=1S/C17H29N3/c1-15(2)19-10-12-20(13-11-19)17-8-5-7-16(14-17)6-3-4-9-18/h5,7-8,14-15H,3-4,6,9-13,18H2,1-2H3. The fourth-order valence-corrected chi connectivity index (χ4v) is 2.88. The van der Waals surface area contributed by atoms with Crippen molar-refractivity contribution in [2.45, 2.75) is 39.2 Å². The summed E-state index contributed by atoms with van der Waals surface area (Å²) < 4.78 is 0. The Morgan fingerprint density at radius 2 is 1.85 bits per heavy atom. The number of hydrogen-bond acceptors (Lipinski definition) is 3. The van der Waals surface area contributed by atoms with E-state index in [2.05, 4.69) is 47.9 Å². The van der Waals surface area contributed by atoms with Gasteiger partial charge in [-0.3, -0.25) is 4.90 Å². The van der Waals surface area contributed by atoms with Crippen LogP contribution in [0, 0.1) is 0 Å². The monoisotopic (exact) mass is 275 g/mol. The molecule has 3 heteroatoms. The first-order valence-electron chi connectivity index (χ1n) is 7.98. The molecule has 0 unspecified atom stereocenters. The molecule has 0 amide bonds. The third-order valence-corrected chi connectivity index (χ3v) is 4.24. The molecular weight excluding hydrogens is 246 g/mol. The molecule has 0 bridgehead atoms. The SMILES string of the molecule is CC(C)N1CCN(c2cccc(CCCCN)c2)CC1. The van der Waals surface area contributed by atoms with Crippen LogP contribution in [-0.2, 0) is 6.42 Å². The van der Waals surface area contributed by atoms with Gasteiger partial charge in [0, 0.05) is 37.9 Å². The molecule has 1 aliphatic heterocycles. The number of anilines is 1. The summed E-state index contributed by atoms with van der Waals surface area (Å²) in [5, 5.41) is 0. The lowest BCUT2D eigenvalue weighted by Crippen LogP contribution is -2.48. The van der Waals surface area contributed by atoms with Gasteiger partial charge in [0.25, 0.3) is 0 Å². The van der Waals surface area contributed by atoms with E-state index in [-0.39, 0.29) is 0 Å². The first-order valence-corrected chi connectivity index (χ1v) is 7.98. The highest BCUT2D eigenvalue weighted by atomic mass is 15.3. The van der Waals surface area contributed by atoms with Gasteiger partial charge in [-0.05, 0) is 57.4 Å². The van der Waals surface area contributed by atoms with Crippen molar-refractivity contribution in [1.29, 1.82) is 0 Å². The van der Waals surface area contributed by atoms with Crippen molar-refractivity contribution in [2.75, 3.05) is 37.6 Å². The van der Waals surface area contributed by atoms with Crippen LogP contribution in [0.1, 0.15) is 32.3 Å². The maximum atomic E-state index is 5.56. The minimum atomic E-state index is 0.666. The lowest BCUT2D eigenvalue weighted by atomic mass is 10.1. The van der Waals surface area contributed by atoms with Gasteiger partial charge in [0.05, 0.1) is 0 Å². The zero-order valence-electron chi connectivity index (χ0n) is 13.0. The van der Waals surface area contributed by atoms with Crippen molar-refractivity contribution < 1.29 is 0 Å². The average molecular weight is 275 g/mol. The third-order valence-electron chi connectivity index (χ3n) is 4.24. The second-order valence-corrected chi connectivity index (χ2v) is 6.03. The van der Waals surface area contributed by atoms with Crippen LogP contribution in [0.5, 0.6) is 0 Å². The first kappa shape index (κ1) is 15.3. The molecule has 1 aliphatic rings. The van der Waals surface area contributed by atoms with Gasteiger partial charge < -0.3 is 10.6 Å². The van der Waals surface area contributed by atoms with E-state index < -0.39 is 0 Å². The molecule has 20 heavy (non-hydrogen) atoms. The molecule has 2 rings (SSSR count). The van der Waals surface area contributed by atoms with Gasteiger partial charge in [0.2, 0.25) is 0 Å². The predicted octanol–water partition coefficient (Wildman–Crippen LogP) is 2.50. The van der Waals surface area contributed by atoms with Crippen molar-refractivity contribution in [3.8, 4) is 0 Å². The third kappa shape index (κ3) is 4.22. The maximum Gasteiger partial charge on any atom is 0.0369 e. The van der Waals surface area contributed by atoms with Crippen molar-refractivity contribution >= 4 is 5.69 Å². The zero-order chi connectivity index (χ0) is 14.4. The summed E-state index contributed by atoms with van der Waals surface area (Å²) in [6.07, 6.45) is 3.47. The van der Waals surface area contributed by atoms with Crippen molar-refractivity contribution in [1.82, 2.24) is 4.90 Å². The Morgan fingerprint density at radius 1 is 1.10 bits per heavy atom. The molecule has 3 nitrogen and oxygen atoms in total. The quantitative estimate of drug-likeness (QED) is 0.810. The summed E-state index contributed by atoms with van der Waals surface area (Å²) in [4.78, 5) is 5.08. The molecular formula is C17H29N3. The molecule has 0 saturated carbocycles. The number of piperazine rings is 1. The van der Waals surface area contributed by atoms with Crippen molar-refractivity contribution in [3.05, 3.63) is 29.8 Å². The van der Waals surface area contributed by atoms with E-state index in [0.29, 0.717) is 6.04 Å². The number of rotatable bonds is 6. The lowest BCUT2D eigenvalue weighted by molar-refractivity contribution is 0.209. The van der Waals surface area contributed by atoms with Gasteiger partial charge in [-0.1, -0.05) is 12.1 Å². The van der Waals surface area contributed by atoms with E-state index in [4.69, 9.17) is 5.73 Å². The van der Waals surface area contributed by atoms with Gasteiger partial charge in [0.15, 0.2) is 0 Å². The second-order valence-electron chi connectivity index (χ2n) is 6.03. The number of nitrogens with zero attached hydrogens (tertiary/aromatic N) is 2. The molecule has 0 radical (unpaired) electrons. The Balaban J connectivity index is 1.91. The van der Waals surface area contributed by atoms with Crippen molar-refractivity contribution in [3.63, 3.8) is 0 Å². The molecule has 1 aromatic carbocycles. The van der Waals surface area contributed by atoms with E-state index >= 15 is 0 Å². The van der Waals surface area contributed by atoms with E-state index in [1.54, 1.807) is 0 Å². The molecule has 1 saturated heterocycles. The summed E-state index contributed by atoms with van der Waals surface area (Å²) in [5.74, 6) is 0. The molecule has 0 aliphatic carbocycles. The molecule has 1 aromatic rings. The smallest absolute Gasteiger partial charge is 0.0369 e. The van der Waals surface area contributed by atoms with Crippen LogP contribution in [0.25, 0.3) is 0 Å². The van der Waals surface area contributed by atoms with E-state index in [1.165, 1.54) is 30.8 Å². The van der Waals surface area contributed by atoms with Crippen LogP contribution in [0.3, 0.4) is 0 Å². The predicted molar refractivity (Wildman–Crippen MR) is 87.4 cm³/mol. The summed E-state index contributed by atoms with van der Waals surface area (Å²) in [6.45, 7) is 10.0. The lowest BCUT2D eigenvalue weighted by Gasteiger charge is -2.38. The number of aryl methyl sites for hydroxylation is 1. The van der Waals surface area contributed by atoms with Crippen LogP contribution in [-0.4, -0.2) is 43.7 Å². The molecule has 0 atom stereocenters. The largest absolute Gasteiger partial charge is 0.369 e. The Kier molecular flexibility index (Phi) is 5.86. The van der Waals surface area contributed by atoms with Gasteiger partial charge in [0.1, 0.15) is 0 Å². The highest BCUT2D eigenvalue weighted by Crippen LogP contribution is 2.19. The number of nitrogens with two attached hydrogens (primary N) is 1. The summed E-state index contributed by atoms with van der Waals surface area (Å²) >= 11 is 0. The first-order chi connectivity index (χ1) is 9.70. The van der Waals surface area contributed by atoms with Crippen LogP contribution >= 0.6 is 0 Å². The van der Waals surface area contributed by atoms with Gasteiger partial charge in [-0.2, -0.15) is 0 Å². The minimum Gasteiger partial charge on any atom is -0.369 e. The van der Waals surface area contributed by atoms with Gasteiger partial charge in [-0.15, -0.1) is 0 Å². The summed E-state index contributed by atoms with van der Waals surface area (Å²) in [5.41, 5.74) is 8.40. The highest BCUT2D eigenvalue weighted by molar-refractivity contribution is 5.49. The van der Waals surface area contributed by atoms with Crippen LogP contribution in [0.15, 0.2) is 24.3 Å². The zero-order valence-corrected chi connectivity index (χ0v) is 13.0. The van der Waals surface area contributed by atoms with E-state index in [9.17, 15) is 0 Å². The van der Waals surface area contributed by atoms with Crippen LogP contribution in [0.2, 0.25) is 0 Å². The maximum absolute atomic E-state index is 5.56. The molecule has 0 aromatic heterocycles. The Labute approximate surface area is 123 Å². The minimum absolute atomic E-state index is 0.666. The number of unbranched alkanes of at least 4 members (excludes halogenated alkanes) is 1. The average Bonchev–Trinajstić information content (AvgIpc) is 2.48. The van der Waals surface area contributed by atoms with E-state index in [1.807, 2.05) is 0 Å². The molecule has 0 spiro atoms.